The summed E-state index contributed by atoms with van der Waals surface area (Å²) in [4.78, 5) is 0. The molecule has 2 nitrogen and oxygen atoms in total. The molecule has 1 fully saturated rings. The van der Waals surface area contributed by atoms with E-state index in [0.29, 0.717) is 23.7 Å². The summed E-state index contributed by atoms with van der Waals surface area (Å²) in [5.74, 6) is 1.56. The maximum absolute atomic E-state index is 6.93. The van der Waals surface area contributed by atoms with Crippen molar-refractivity contribution in [3.63, 3.8) is 0 Å². The van der Waals surface area contributed by atoms with Gasteiger partial charge in [0.15, 0.2) is 0 Å². The highest BCUT2D eigenvalue weighted by molar-refractivity contribution is 5.27. The van der Waals surface area contributed by atoms with E-state index in [1.165, 1.54) is 22.3 Å². The van der Waals surface area contributed by atoms with Gasteiger partial charge in [-0.15, -0.1) is 0 Å². The minimum Gasteiger partial charge on any atom is -0.313 e. The third kappa shape index (κ3) is 5.46. The second-order valence-electron chi connectivity index (χ2n) is 11.3. The third-order valence-electron chi connectivity index (χ3n) is 8.22. The molecule has 0 amide bonds. The fourth-order valence-corrected chi connectivity index (χ4v) is 6.27. The highest BCUT2D eigenvalue weighted by atomic mass is 15.0. The quantitative estimate of drug-likeness (QED) is 0.464. The summed E-state index contributed by atoms with van der Waals surface area (Å²) in [5, 5.41) is 0. The van der Waals surface area contributed by atoms with Crippen LogP contribution in [0, 0.1) is 29.1 Å². The second kappa shape index (κ2) is 10.1. The van der Waals surface area contributed by atoms with Crippen molar-refractivity contribution < 1.29 is 0 Å². The van der Waals surface area contributed by atoms with E-state index < -0.39 is 5.66 Å². The maximum Gasteiger partial charge on any atom is 0.0699 e. The van der Waals surface area contributed by atoms with Crippen molar-refractivity contribution >= 4 is 0 Å². The topological polar surface area (TPSA) is 52.0 Å². The summed E-state index contributed by atoms with van der Waals surface area (Å²) < 4.78 is 0. The number of hydrogen-bond donors (Lipinski definition) is 2. The predicted octanol–water partition coefficient (Wildman–Crippen LogP) is 6.53. The van der Waals surface area contributed by atoms with E-state index in [9.17, 15) is 0 Å². The fraction of sp³-hybridized carbons (Fsp3) is 0.600. The lowest BCUT2D eigenvalue weighted by Gasteiger charge is -2.56. The lowest BCUT2D eigenvalue weighted by Crippen LogP contribution is -2.68. The molecule has 2 aromatic carbocycles. The van der Waals surface area contributed by atoms with Crippen molar-refractivity contribution in [2.45, 2.75) is 85.7 Å². The van der Waals surface area contributed by atoms with Crippen LogP contribution in [0.5, 0.6) is 0 Å². The molecule has 3 rings (SSSR count). The minimum absolute atomic E-state index is 0.174. The van der Waals surface area contributed by atoms with Gasteiger partial charge in [-0.3, -0.25) is 0 Å². The Morgan fingerprint density at radius 2 is 0.969 bits per heavy atom. The summed E-state index contributed by atoms with van der Waals surface area (Å²) in [7, 11) is 0. The van der Waals surface area contributed by atoms with Crippen LogP contribution in [0.1, 0.15) is 76.6 Å². The number of benzene rings is 2. The van der Waals surface area contributed by atoms with Gasteiger partial charge in [0.2, 0.25) is 0 Å². The zero-order chi connectivity index (χ0) is 23.5. The highest BCUT2D eigenvalue weighted by Gasteiger charge is 2.52. The van der Waals surface area contributed by atoms with Gasteiger partial charge >= 0.3 is 0 Å². The molecule has 176 valence electrons. The zero-order valence-electron chi connectivity index (χ0n) is 21.3. The summed E-state index contributed by atoms with van der Waals surface area (Å²) in [6.07, 6.45) is 6.54. The molecule has 2 aromatic rings. The molecule has 0 spiro atoms. The summed E-state index contributed by atoms with van der Waals surface area (Å²) in [5.41, 5.74) is 19.1. The number of aryl methyl sites for hydroxylation is 2. The van der Waals surface area contributed by atoms with Gasteiger partial charge in [-0.25, -0.2) is 0 Å². The first-order valence-electron chi connectivity index (χ1n) is 12.8. The predicted molar refractivity (Wildman–Crippen MR) is 138 cm³/mol. The van der Waals surface area contributed by atoms with Gasteiger partial charge < -0.3 is 11.5 Å². The zero-order valence-corrected chi connectivity index (χ0v) is 21.3. The molecule has 1 aliphatic rings. The van der Waals surface area contributed by atoms with Gasteiger partial charge in [0.25, 0.3) is 0 Å². The van der Waals surface area contributed by atoms with Crippen LogP contribution in [0.25, 0.3) is 0 Å². The average molecular weight is 435 g/mol. The Hall–Kier alpha value is -1.64. The Labute approximate surface area is 197 Å². The standard InChI is InChI=1S/C30H46N2/c1-7-23-9-13-25(14-10-23)17-29(18-26-15-11-24(8-2)12-16-26)19-27(21(3)4)30(31,32)28(20-29)22(5)6/h9-16,21-22,27-28H,7-8,17-20,31-32H2,1-6H3. The van der Waals surface area contributed by atoms with Gasteiger partial charge in [0, 0.05) is 0 Å². The molecule has 2 atom stereocenters. The molecule has 0 aromatic heterocycles. The van der Waals surface area contributed by atoms with Gasteiger partial charge in [0.05, 0.1) is 5.66 Å². The van der Waals surface area contributed by atoms with Crippen molar-refractivity contribution in [3.8, 4) is 0 Å². The number of rotatable bonds is 8. The first-order chi connectivity index (χ1) is 15.1. The van der Waals surface area contributed by atoms with Crippen molar-refractivity contribution in [2.24, 2.45) is 40.6 Å². The Morgan fingerprint density at radius 3 is 1.25 bits per heavy atom. The van der Waals surface area contributed by atoms with Crippen LogP contribution in [-0.4, -0.2) is 5.66 Å². The molecule has 2 heteroatoms. The molecule has 32 heavy (non-hydrogen) atoms. The second-order valence-corrected chi connectivity index (χ2v) is 11.3. The van der Waals surface area contributed by atoms with Gasteiger partial charge in [-0.1, -0.05) is 90.1 Å². The monoisotopic (exact) mass is 434 g/mol. The Balaban J connectivity index is 2.02. The first-order valence-corrected chi connectivity index (χ1v) is 12.8. The van der Waals surface area contributed by atoms with Crippen LogP contribution in [-0.2, 0) is 25.7 Å². The fourth-order valence-electron chi connectivity index (χ4n) is 6.27. The molecule has 0 radical (unpaired) electrons. The maximum atomic E-state index is 6.93. The van der Waals surface area contributed by atoms with E-state index in [2.05, 4.69) is 90.1 Å². The summed E-state index contributed by atoms with van der Waals surface area (Å²) >= 11 is 0. The molecule has 1 aliphatic carbocycles. The molecule has 4 N–H and O–H groups in total. The number of nitrogens with two attached hydrogens (primary N) is 2. The van der Waals surface area contributed by atoms with E-state index in [1.54, 1.807) is 0 Å². The molecule has 0 aliphatic heterocycles. The van der Waals surface area contributed by atoms with E-state index in [1.807, 2.05) is 0 Å². The van der Waals surface area contributed by atoms with Crippen molar-refractivity contribution in [2.75, 3.05) is 0 Å². The SMILES string of the molecule is CCc1ccc(CC2(Cc3ccc(CC)cc3)CC(C(C)C)C(N)(N)C(C(C)C)C2)cc1. The van der Waals surface area contributed by atoms with Crippen LogP contribution in [0.4, 0.5) is 0 Å². The van der Waals surface area contributed by atoms with E-state index >= 15 is 0 Å². The van der Waals surface area contributed by atoms with Crippen molar-refractivity contribution in [3.05, 3.63) is 70.8 Å². The van der Waals surface area contributed by atoms with Crippen LogP contribution in [0.2, 0.25) is 0 Å². The van der Waals surface area contributed by atoms with Crippen LogP contribution < -0.4 is 11.5 Å². The largest absolute Gasteiger partial charge is 0.313 e. The highest BCUT2D eigenvalue weighted by Crippen LogP contribution is 2.52. The summed E-state index contributed by atoms with van der Waals surface area (Å²) in [6, 6.07) is 18.6. The van der Waals surface area contributed by atoms with E-state index in [-0.39, 0.29) is 5.41 Å². The van der Waals surface area contributed by atoms with Crippen LogP contribution in [0.3, 0.4) is 0 Å². The third-order valence-corrected chi connectivity index (χ3v) is 8.22. The van der Waals surface area contributed by atoms with E-state index in [0.717, 1.165) is 38.5 Å². The van der Waals surface area contributed by atoms with Crippen molar-refractivity contribution in [1.82, 2.24) is 0 Å². The molecule has 0 heterocycles. The number of hydrogen-bond acceptors (Lipinski definition) is 2. The molecular weight excluding hydrogens is 388 g/mol. The lowest BCUT2D eigenvalue weighted by atomic mass is 9.53. The van der Waals surface area contributed by atoms with Gasteiger partial charge in [-0.2, -0.15) is 0 Å². The molecular formula is C30H46N2. The smallest absolute Gasteiger partial charge is 0.0699 e. The Morgan fingerprint density at radius 1 is 0.656 bits per heavy atom. The van der Waals surface area contributed by atoms with Crippen LogP contribution in [0.15, 0.2) is 48.5 Å². The molecule has 2 unspecified atom stereocenters. The first kappa shape index (κ1) is 25.0. The Bertz CT molecular complexity index is 774. The van der Waals surface area contributed by atoms with Gasteiger partial charge in [-0.05, 0) is 89.9 Å². The average Bonchev–Trinajstić information content (AvgIpc) is 2.76. The summed E-state index contributed by atoms with van der Waals surface area (Å²) in [6.45, 7) is 13.7. The lowest BCUT2D eigenvalue weighted by molar-refractivity contribution is -0.0276. The van der Waals surface area contributed by atoms with Crippen LogP contribution >= 0.6 is 0 Å². The minimum atomic E-state index is -0.607. The van der Waals surface area contributed by atoms with Gasteiger partial charge in [0.1, 0.15) is 0 Å². The van der Waals surface area contributed by atoms with Crippen molar-refractivity contribution in [1.29, 1.82) is 0 Å². The van der Waals surface area contributed by atoms with E-state index in [4.69, 9.17) is 11.5 Å². The molecule has 0 bridgehead atoms. The Kier molecular flexibility index (Phi) is 7.89. The molecule has 1 saturated carbocycles. The molecule has 0 saturated heterocycles. The normalized spacial score (nSPS) is 22.4.